The first-order valence-corrected chi connectivity index (χ1v) is 10.1. The molecule has 0 radical (unpaired) electrons. The van der Waals surface area contributed by atoms with Crippen LogP contribution in [0.2, 0.25) is 0 Å². The van der Waals surface area contributed by atoms with Crippen LogP contribution >= 0.6 is 0 Å². The number of carbonyl (C=O) groups excluding carboxylic acids is 2. The third-order valence-corrected chi connectivity index (χ3v) is 5.07. The number of rotatable bonds is 7. The van der Waals surface area contributed by atoms with Crippen molar-refractivity contribution in [3.63, 3.8) is 0 Å². The molecule has 2 atom stereocenters. The molecule has 1 saturated heterocycles. The highest BCUT2D eigenvalue weighted by Gasteiger charge is 2.25. The highest BCUT2D eigenvalue weighted by Crippen LogP contribution is 2.22. The predicted molar refractivity (Wildman–Crippen MR) is 113 cm³/mol. The minimum absolute atomic E-state index is 0.347. The first-order valence-electron chi connectivity index (χ1n) is 10.1. The lowest BCUT2D eigenvalue weighted by Crippen LogP contribution is -2.36. The van der Waals surface area contributed by atoms with E-state index in [0.29, 0.717) is 12.1 Å². The van der Waals surface area contributed by atoms with Gasteiger partial charge in [-0.25, -0.2) is 0 Å². The molecule has 1 aliphatic rings. The van der Waals surface area contributed by atoms with Crippen molar-refractivity contribution in [3.05, 3.63) is 60.2 Å². The van der Waals surface area contributed by atoms with Gasteiger partial charge < -0.3 is 19.7 Å². The average molecular weight is 396 g/mol. The van der Waals surface area contributed by atoms with Crippen LogP contribution in [0, 0.1) is 0 Å². The molecular formula is C23H28N2O4. The molecule has 0 aromatic heterocycles. The van der Waals surface area contributed by atoms with Gasteiger partial charge in [0.1, 0.15) is 0 Å². The fourth-order valence-corrected chi connectivity index (χ4v) is 3.35. The van der Waals surface area contributed by atoms with Crippen LogP contribution in [0.3, 0.4) is 0 Å². The molecule has 1 fully saturated rings. The van der Waals surface area contributed by atoms with Crippen LogP contribution in [0.25, 0.3) is 0 Å². The van der Waals surface area contributed by atoms with Gasteiger partial charge in [0.25, 0.3) is 5.91 Å². The van der Waals surface area contributed by atoms with Gasteiger partial charge in [-0.3, -0.25) is 9.59 Å². The van der Waals surface area contributed by atoms with E-state index in [-0.39, 0.29) is 17.8 Å². The Balaban J connectivity index is 1.55. The van der Waals surface area contributed by atoms with E-state index >= 15 is 0 Å². The molecule has 0 aliphatic carbocycles. The van der Waals surface area contributed by atoms with Gasteiger partial charge in [-0.05, 0) is 43.2 Å². The van der Waals surface area contributed by atoms with Crippen molar-refractivity contribution in [2.45, 2.75) is 32.3 Å². The number of carbonyl (C=O) groups is 2. The summed E-state index contributed by atoms with van der Waals surface area (Å²) in [4.78, 5) is 27.3. The number of amides is 1. The first-order chi connectivity index (χ1) is 14.1. The van der Waals surface area contributed by atoms with Crippen LogP contribution in [0.15, 0.2) is 54.6 Å². The molecule has 0 spiro atoms. The lowest BCUT2D eigenvalue weighted by Gasteiger charge is -2.29. The zero-order valence-corrected chi connectivity index (χ0v) is 17.0. The lowest BCUT2D eigenvalue weighted by molar-refractivity contribution is -0.154. The number of nitrogens with one attached hydrogen (secondary N) is 1. The number of benzene rings is 2. The number of hydrogen-bond acceptors (Lipinski definition) is 5. The maximum absolute atomic E-state index is 12.5. The molecule has 0 unspecified atom stereocenters. The van der Waals surface area contributed by atoms with E-state index < -0.39 is 6.10 Å². The van der Waals surface area contributed by atoms with Crippen molar-refractivity contribution in [1.82, 2.24) is 0 Å². The molecule has 2 aromatic rings. The Morgan fingerprint density at radius 1 is 1.07 bits per heavy atom. The van der Waals surface area contributed by atoms with Gasteiger partial charge in [-0.1, -0.05) is 37.3 Å². The van der Waals surface area contributed by atoms with Crippen molar-refractivity contribution in [3.8, 4) is 0 Å². The average Bonchev–Trinajstić information content (AvgIpc) is 2.76. The molecule has 29 heavy (non-hydrogen) atoms. The fraction of sp³-hybridized carbons (Fsp3) is 0.391. The third kappa shape index (κ3) is 5.57. The Bertz CT molecular complexity index is 801. The zero-order valence-electron chi connectivity index (χ0n) is 17.0. The van der Waals surface area contributed by atoms with Crippen molar-refractivity contribution in [2.75, 3.05) is 36.5 Å². The summed E-state index contributed by atoms with van der Waals surface area (Å²) in [5.74, 6) is -1.11. The van der Waals surface area contributed by atoms with Crippen LogP contribution in [0.1, 0.15) is 31.7 Å². The van der Waals surface area contributed by atoms with Crippen LogP contribution in [0.5, 0.6) is 0 Å². The Morgan fingerprint density at radius 3 is 2.34 bits per heavy atom. The SMILES string of the molecule is CC[C@@H](C(=O)O[C@H](C)C(=O)Nc1ccc(N2CCOCC2)cc1)c1ccccc1. The molecule has 3 rings (SSSR count). The van der Waals surface area contributed by atoms with Crippen LogP contribution in [-0.2, 0) is 19.1 Å². The molecule has 1 amide bonds. The van der Waals surface area contributed by atoms with Crippen molar-refractivity contribution in [1.29, 1.82) is 0 Å². The van der Waals surface area contributed by atoms with Gasteiger partial charge in [0.15, 0.2) is 6.10 Å². The van der Waals surface area contributed by atoms with Crippen LogP contribution in [-0.4, -0.2) is 44.3 Å². The van der Waals surface area contributed by atoms with E-state index in [4.69, 9.17) is 9.47 Å². The molecule has 0 saturated carbocycles. The summed E-state index contributed by atoms with van der Waals surface area (Å²) < 4.78 is 10.8. The summed E-state index contributed by atoms with van der Waals surface area (Å²) in [6.45, 7) is 6.69. The lowest BCUT2D eigenvalue weighted by atomic mass is 9.97. The molecule has 6 nitrogen and oxygen atoms in total. The second-order valence-corrected chi connectivity index (χ2v) is 7.09. The fourth-order valence-electron chi connectivity index (χ4n) is 3.35. The summed E-state index contributed by atoms with van der Waals surface area (Å²) in [5, 5.41) is 2.81. The summed E-state index contributed by atoms with van der Waals surface area (Å²) in [7, 11) is 0. The molecule has 1 heterocycles. The van der Waals surface area contributed by atoms with Gasteiger partial charge in [-0.15, -0.1) is 0 Å². The molecular weight excluding hydrogens is 368 g/mol. The van der Waals surface area contributed by atoms with Gasteiger partial charge >= 0.3 is 5.97 Å². The van der Waals surface area contributed by atoms with E-state index in [2.05, 4.69) is 10.2 Å². The number of nitrogens with zero attached hydrogens (tertiary/aromatic N) is 1. The Hall–Kier alpha value is -2.86. The van der Waals surface area contributed by atoms with Crippen LogP contribution in [0.4, 0.5) is 11.4 Å². The van der Waals surface area contributed by atoms with Crippen molar-refractivity contribution >= 4 is 23.3 Å². The minimum atomic E-state index is -0.876. The monoisotopic (exact) mass is 396 g/mol. The third-order valence-electron chi connectivity index (χ3n) is 5.07. The Labute approximate surface area is 171 Å². The van der Waals surface area contributed by atoms with E-state index in [0.717, 1.165) is 37.6 Å². The molecule has 6 heteroatoms. The van der Waals surface area contributed by atoms with E-state index in [9.17, 15) is 9.59 Å². The summed E-state index contributed by atoms with van der Waals surface area (Å²) in [6.07, 6.45) is -0.264. The smallest absolute Gasteiger partial charge is 0.314 e. The first kappa shape index (κ1) is 20.9. The maximum Gasteiger partial charge on any atom is 0.314 e. The highest BCUT2D eigenvalue weighted by molar-refractivity contribution is 5.95. The quantitative estimate of drug-likeness (QED) is 0.725. The van der Waals surface area contributed by atoms with Gasteiger partial charge in [-0.2, -0.15) is 0 Å². The van der Waals surface area contributed by atoms with E-state index in [1.807, 2.05) is 61.5 Å². The molecule has 2 aromatic carbocycles. The predicted octanol–water partition coefficient (Wildman–Crippen LogP) is 3.59. The highest BCUT2D eigenvalue weighted by atomic mass is 16.5. The van der Waals surface area contributed by atoms with Crippen LogP contribution < -0.4 is 10.2 Å². The number of morpholine rings is 1. The molecule has 1 N–H and O–H groups in total. The van der Waals surface area contributed by atoms with Crippen molar-refractivity contribution in [2.24, 2.45) is 0 Å². The topological polar surface area (TPSA) is 67.9 Å². The van der Waals surface area contributed by atoms with E-state index in [1.165, 1.54) is 0 Å². The zero-order chi connectivity index (χ0) is 20.6. The molecule has 0 bridgehead atoms. The number of ether oxygens (including phenoxy) is 2. The largest absolute Gasteiger partial charge is 0.452 e. The maximum atomic E-state index is 12.5. The van der Waals surface area contributed by atoms with E-state index in [1.54, 1.807) is 6.92 Å². The normalized spacial score (nSPS) is 16.0. The summed E-state index contributed by atoms with van der Waals surface area (Å²) in [6, 6.07) is 17.1. The van der Waals surface area contributed by atoms with Gasteiger partial charge in [0.05, 0.1) is 19.1 Å². The molecule has 154 valence electrons. The molecule has 1 aliphatic heterocycles. The second-order valence-electron chi connectivity index (χ2n) is 7.09. The Morgan fingerprint density at radius 2 is 1.72 bits per heavy atom. The number of anilines is 2. The summed E-state index contributed by atoms with van der Waals surface area (Å²) >= 11 is 0. The Kier molecular flexibility index (Phi) is 7.25. The van der Waals surface area contributed by atoms with Crippen molar-refractivity contribution < 1.29 is 19.1 Å². The van der Waals surface area contributed by atoms with Gasteiger partial charge in [0, 0.05) is 24.5 Å². The van der Waals surface area contributed by atoms with Gasteiger partial charge in [0.2, 0.25) is 0 Å². The number of esters is 1. The second kappa shape index (κ2) is 10.1. The minimum Gasteiger partial charge on any atom is -0.452 e. The summed E-state index contributed by atoms with van der Waals surface area (Å²) in [5.41, 5.74) is 2.66. The number of hydrogen-bond donors (Lipinski definition) is 1. The standard InChI is InChI=1S/C23H28N2O4/c1-3-21(18-7-5-4-6-8-18)23(27)29-17(2)22(26)24-19-9-11-20(12-10-19)25-13-15-28-16-14-25/h4-12,17,21H,3,13-16H2,1-2H3,(H,24,26)/t17-,21-/m1/s1.